The second-order valence-electron chi connectivity index (χ2n) is 3.93. The number of imide groups is 1. The third-order valence-corrected chi connectivity index (χ3v) is 2.71. The fourth-order valence-corrected chi connectivity index (χ4v) is 1.84. The number of hydrogen-bond acceptors (Lipinski definition) is 4. The second kappa shape index (κ2) is 4.58. The molecule has 1 aliphatic heterocycles. The van der Waals surface area contributed by atoms with Crippen molar-refractivity contribution in [2.24, 2.45) is 5.73 Å². The SMILES string of the molecule is NCc1cc(F)nc(C2CCC(=O)NC2=O)c1. The summed E-state index contributed by atoms with van der Waals surface area (Å²) < 4.78 is 13.2. The summed E-state index contributed by atoms with van der Waals surface area (Å²) in [6.45, 7) is 0.180. The maximum atomic E-state index is 13.2. The Morgan fingerprint density at radius 2 is 2.24 bits per heavy atom. The zero-order valence-corrected chi connectivity index (χ0v) is 9.07. The predicted molar refractivity (Wildman–Crippen MR) is 57.2 cm³/mol. The van der Waals surface area contributed by atoms with E-state index in [0.29, 0.717) is 17.7 Å². The fraction of sp³-hybridized carbons (Fsp3) is 0.364. The molecule has 6 heteroatoms. The minimum absolute atomic E-state index is 0.180. The van der Waals surface area contributed by atoms with Crippen LogP contribution in [0, 0.1) is 5.95 Å². The third-order valence-electron chi connectivity index (χ3n) is 2.71. The van der Waals surface area contributed by atoms with Crippen LogP contribution in [0.5, 0.6) is 0 Å². The van der Waals surface area contributed by atoms with Crippen molar-refractivity contribution < 1.29 is 14.0 Å². The monoisotopic (exact) mass is 237 g/mol. The van der Waals surface area contributed by atoms with Crippen LogP contribution in [0.3, 0.4) is 0 Å². The van der Waals surface area contributed by atoms with E-state index in [2.05, 4.69) is 10.3 Å². The Balaban J connectivity index is 2.30. The van der Waals surface area contributed by atoms with Crippen molar-refractivity contribution in [1.82, 2.24) is 10.3 Å². The molecule has 90 valence electrons. The van der Waals surface area contributed by atoms with Crippen molar-refractivity contribution in [3.63, 3.8) is 0 Å². The summed E-state index contributed by atoms with van der Waals surface area (Å²) in [7, 11) is 0. The summed E-state index contributed by atoms with van der Waals surface area (Å²) in [4.78, 5) is 26.3. The molecule has 0 aromatic carbocycles. The van der Waals surface area contributed by atoms with E-state index >= 15 is 0 Å². The van der Waals surface area contributed by atoms with E-state index in [1.165, 1.54) is 6.07 Å². The van der Waals surface area contributed by atoms with Gasteiger partial charge in [0.15, 0.2) is 0 Å². The summed E-state index contributed by atoms with van der Waals surface area (Å²) in [5.74, 6) is -1.97. The summed E-state index contributed by atoms with van der Waals surface area (Å²) >= 11 is 0. The molecule has 2 rings (SSSR count). The molecule has 5 nitrogen and oxygen atoms in total. The van der Waals surface area contributed by atoms with E-state index in [-0.39, 0.29) is 18.9 Å². The number of carbonyl (C=O) groups is 2. The molecule has 0 aliphatic carbocycles. The standard InChI is InChI=1S/C11H12FN3O2/c12-9-4-6(5-13)3-8(14-9)7-1-2-10(16)15-11(7)17/h3-4,7H,1-2,5,13H2,(H,15,16,17). The number of nitrogens with zero attached hydrogens (tertiary/aromatic N) is 1. The molecular weight excluding hydrogens is 225 g/mol. The largest absolute Gasteiger partial charge is 0.326 e. The van der Waals surface area contributed by atoms with Crippen LogP contribution in [0.4, 0.5) is 4.39 Å². The summed E-state index contributed by atoms with van der Waals surface area (Å²) in [5, 5.41) is 2.21. The number of hydrogen-bond donors (Lipinski definition) is 2. The van der Waals surface area contributed by atoms with Gasteiger partial charge in [0.2, 0.25) is 17.8 Å². The van der Waals surface area contributed by atoms with Gasteiger partial charge in [-0.3, -0.25) is 14.9 Å². The van der Waals surface area contributed by atoms with Gasteiger partial charge >= 0.3 is 0 Å². The molecule has 0 bridgehead atoms. The van der Waals surface area contributed by atoms with Gasteiger partial charge in [0.05, 0.1) is 11.6 Å². The van der Waals surface area contributed by atoms with E-state index < -0.39 is 17.8 Å². The molecule has 1 aromatic heterocycles. The first-order valence-electron chi connectivity index (χ1n) is 5.30. The molecule has 2 amide bonds. The molecule has 3 N–H and O–H groups in total. The molecule has 0 saturated carbocycles. The van der Waals surface area contributed by atoms with Crippen LogP contribution in [0.2, 0.25) is 0 Å². The number of halogens is 1. The summed E-state index contributed by atoms with van der Waals surface area (Å²) in [6.07, 6.45) is 0.595. The highest BCUT2D eigenvalue weighted by atomic mass is 19.1. The number of nitrogens with two attached hydrogens (primary N) is 1. The second-order valence-corrected chi connectivity index (χ2v) is 3.93. The van der Waals surface area contributed by atoms with Gasteiger partial charge in [0, 0.05) is 13.0 Å². The topological polar surface area (TPSA) is 85.1 Å². The smallest absolute Gasteiger partial charge is 0.235 e. The van der Waals surface area contributed by atoms with Gasteiger partial charge in [0.1, 0.15) is 0 Å². The number of rotatable bonds is 2. The van der Waals surface area contributed by atoms with E-state index in [9.17, 15) is 14.0 Å². The number of amides is 2. The Morgan fingerprint density at radius 3 is 2.88 bits per heavy atom. The molecule has 2 heterocycles. The molecule has 17 heavy (non-hydrogen) atoms. The van der Waals surface area contributed by atoms with Crippen molar-refractivity contribution >= 4 is 11.8 Å². The Kier molecular flexibility index (Phi) is 3.14. The molecule has 1 aliphatic rings. The third kappa shape index (κ3) is 2.47. The van der Waals surface area contributed by atoms with Crippen molar-refractivity contribution in [2.75, 3.05) is 0 Å². The van der Waals surface area contributed by atoms with Crippen LogP contribution in [0.25, 0.3) is 0 Å². The lowest BCUT2D eigenvalue weighted by atomic mass is 9.93. The van der Waals surface area contributed by atoms with E-state index in [1.807, 2.05) is 0 Å². The van der Waals surface area contributed by atoms with Crippen LogP contribution < -0.4 is 11.1 Å². The van der Waals surface area contributed by atoms with Crippen LogP contribution in [0.1, 0.15) is 30.0 Å². The number of piperidine rings is 1. The normalized spacial score (nSPS) is 20.2. The van der Waals surface area contributed by atoms with Crippen molar-refractivity contribution in [2.45, 2.75) is 25.3 Å². The molecule has 1 fully saturated rings. The highest BCUT2D eigenvalue weighted by Crippen LogP contribution is 2.24. The highest BCUT2D eigenvalue weighted by Gasteiger charge is 2.29. The maximum absolute atomic E-state index is 13.2. The Hall–Kier alpha value is -1.82. The molecule has 1 saturated heterocycles. The minimum atomic E-state index is -0.660. The van der Waals surface area contributed by atoms with Gasteiger partial charge in [-0.1, -0.05) is 0 Å². The van der Waals surface area contributed by atoms with Gasteiger partial charge in [-0.25, -0.2) is 4.98 Å². The predicted octanol–water partition coefficient (Wildman–Crippen LogP) is 0.200. The van der Waals surface area contributed by atoms with Crippen LogP contribution >= 0.6 is 0 Å². The van der Waals surface area contributed by atoms with Crippen LogP contribution in [0.15, 0.2) is 12.1 Å². The van der Waals surface area contributed by atoms with Gasteiger partial charge < -0.3 is 5.73 Å². The number of pyridine rings is 1. The lowest BCUT2D eigenvalue weighted by Gasteiger charge is -2.20. The molecule has 0 radical (unpaired) electrons. The van der Waals surface area contributed by atoms with Gasteiger partial charge in [-0.2, -0.15) is 4.39 Å². The average molecular weight is 237 g/mol. The van der Waals surface area contributed by atoms with Crippen molar-refractivity contribution in [3.8, 4) is 0 Å². The number of nitrogens with one attached hydrogen (secondary N) is 1. The number of aromatic nitrogens is 1. The van der Waals surface area contributed by atoms with Crippen molar-refractivity contribution in [3.05, 3.63) is 29.3 Å². The van der Waals surface area contributed by atoms with Crippen molar-refractivity contribution in [1.29, 1.82) is 0 Å². The average Bonchev–Trinajstić information content (AvgIpc) is 2.28. The summed E-state index contributed by atoms with van der Waals surface area (Å²) in [5.41, 5.74) is 6.33. The quantitative estimate of drug-likeness (QED) is 0.568. The van der Waals surface area contributed by atoms with E-state index in [0.717, 1.165) is 0 Å². The fourth-order valence-electron chi connectivity index (χ4n) is 1.84. The van der Waals surface area contributed by atoms with Gasteiger partial charge in [0.25, 0.3) is 0 Å². The Labute approximate surface area is 97.2 Å². The lowest BCUT2D eigenvalue weighted by Crippen LogP contribution is -2.39. The molecule has 1 unspecified atom stereocenters. The Morgan fingerprint density at radius 1 is 1.47 bits per heavy atom. The van der Waals surface area contributed by atoms with Crippen LogP contribution in [-0.2, 0) is 16.1 Å². The van der Waals surface area contributed by atoms with E-state index in [4.69, 9.17) is 5.73 Å². The summed E-state index contributed by atoms with van der Waals surface area (Å²) in [6, 6.07) is 2.83. The van der Waals surface area contributed by atoms with Gasteiger partial charge in [-0.15, -0.1) is 0 Å². The molecular formula is C11H12FN3O2. The Bertz CT molecular complexity index is 476. The van der Waals surface area contributed by atoms with Gasteiger partial charge in [-0.05, 0) is 24.1 Å². The van der Waals surface area contributed by atoms with E-state index in [1.54, 1.807) is 6.07 Å². The maximum Gasteiger partial charge on any atom is 0.235 e. The zero-order chi connectivity index (χ0) is 12.4. The lowest BCUT2D eigenvalue weighted by molar-refractivity contribution is -0.134. The zero-order valence-electron chi connectivity index (χ0n) is 9.07. The molecule has 0 spiro atoms. The highest BCUT2D eigenvalue weighted by molar-refractivity contribution is 6.00. The first-order valence-corrected chi connectivity index (χ1v) is 5.30. The molecule has 1 atom stereocenters. The van der Waals surface area contributed by atoms with Crippen LogP contribution in [-0.4, -0.2) is 16.8 Å². The number of carbonyl (C=O) groups excluding carboxylic acids is 2. The first-order chi connectivity index (χ1) is 8.10. The first kappa shape index (κ1) is 11.7. The molecule has 1 aromatic rings. The minimum Gasteiger partial charge on any atom is -0.326 e.